The molecule has 1 fully saturated rings. The molecule has 3 atom stereocenters. The SMILES string of the molecule is C=C(O)C[C@@H](C)NC(=O)[C@H](C)N1CC[C@H](N)C1=O. The highest BCUT2D eigenvalue weighted by molar-refractivity contribution is 5.90. The number of aliphatic hydroxyl groups excluding tert-OH is 1. The summed E-state index contributed by atoms with van der Waals surface area (Å²) in [4.78, 5) is 25.1. The first-order valence-corrected chi connectivity index (χ1v) is 6.06. The Hall–Kier alpha value is -1.56. The van der Waals surface area contributed by atoms with Gasteiger partial charge in [-0.25, -0.2) is 0 Å². The van der Waals surface area contributed by atoms with E-state index in [1.165, 1.54) is 4.90 Å². The standard InChI is InChI=1S/C12H21N3O3/c1-7(6-8(2)16)14-11(17)9(3)15-5-4-10(13)12(15)18/h7,9-10,16H,2,4-6,13H2,1,3H3,(H,14,17)/t7-,9+,10+/m1/s1. The van der Waals surface area contributed by atoms with Gasteiger partial charge in [-0.05, 0) is 20.3 Å². The van der Waals surface area contributed by atoms with Gasteiger partial charge in [0.15, 0.2) is 0 Å². The highest BCUT2D eigenvalue weighted by Gasteiger charge is 2.34. The third-order valence-corrected chi connectivity index (χ3v) is 3.06. The van der Waals surface area contributed by atoms with Crippen molar-refractivity contribution < 1.29 is 14.7 Å². The highest BCUT2D eigenvalue weighted by atomic mass is 16.3. The predicted octanol–water partition coefficient (Wildman–Crippen LogP) is -0.0990. The van der Waals surface area contributed by atoms with Crippen molar-refractivity contribution in [3.8, 4) is 0 Å². The van der Waals surface area contributed by atoms with Crippen molar-refractivity contribution >= 4 is 11.8 Å². The zero-order valence-corrected chi connectivity index (χ0v) is 10.8. The molecule has 1 saturated heterocycles. The maximum atomic E-state index is 11.9. The maximum Gasteiger partial charge on any atom is 0.242 e. The summed E-state index contributed by atoms with van der Waals surface area (Å²) < 4.78 is 0. The Balaban J connectivity index is 2.51. The van der Waals surface area contributed by atoms with E-state index < -0.39 is 12.1 Å². The fraction of sp³-hybridized carbons (Fsp3) is 0.667. The average molecular weight is 255 g/mol. The minimum absolute atomic E-state index is 0.0229. The Morgan fingerprint density at radius 1 is 1.67 bits per heavy atom. The van der Waals surface area contributed by atoms with Gasteiger partial charge in [0, 0.05) is 19.0 Å². The second-order valence-electron chi connectivity index (χ2n) is 4.78. The number of carbonyl (C=O) groups excluding carboxylic acids is 2. The Kier molecular flexibility index (Phi) is 4.72. The monoisotopic (exact) mass is 255 g/mol. The Morgan fingerprint density at radius 3 is 2.72 bits per heavy atom. The molecule has 0 unspecified atom stereocenters. The van der Waals surface area contributed by atoms with Crippen molar-refractivity contribution in [3.05, 3.63) is 12.3 Å². The van der Waals surface area contributed by atoms with Crippen LogP contribution in [0.15, 0.2) is 12.3 Å². The molecule has 2 amide bonds. The molecule has 0 aromatic heterocycles. The van der Waals surface area contributed by atoms with Crippen molar-refractivity contribution in [2.45, 2.75) is 44.8 Å². The molecular formula is C12H21N3O3. The second-order valence-corrected chi connectivity index (χ2v) is 4.78. The van der Waals surface area contributed by atoms with E-state index in [-0.39, 0.29) is 23.6 Å². The number of hydrogen-bond donors (Lipinski definition) is 3. The number of aliphatic hydroxyl groups is 1. The van der Waals surface area contributed by atoms with Crippen molar-refractivity contribution in [2.24, 2.45) is 5.73 Å². The average Bonchev–Trinajstić information content (AvgIpc) is 2.57. The molecule has 6 heteroatoms. The van der Waals surface area contributed by atoms with E-state index >= 15 is 0 Å². The van der Waals surface area contributed by atoms with Crippen molar-refractivity contribution in [1.82, 2.24) is 10.2 Å². The zero-order chi connectivity index (χ0) is 13.9. The number of likely N-dealkylation sites (tertiary alicyclic amines) is 1. The van der Waals surface area contributed by atoms with Crippen molar-refractivity contribution in [1.29, 1.82) is 0 Å². The van der Waals surface area contributed by atoms with Crippen LogP contribution in [-0.4, -0.2) is 46.5 Å². The van der Waals surface area contributed by atoms with Crippen LogP contribution in [0.5, 0.6) is 0 Å². The fourth-order valence-corrected chi connectivity index (χ4v) is 2.02. The van der Waals surface area contributed by atoms with Crippen LogP contribution in [0.2, 0.25) is 0 Å². The van der Waals surface area contributed by atoms with E-state index in [1.807, 2.05) is 0 Å². The summed E-state index contributed by atoms with van der Waals surface area (Å²) in [7, 11) is 0. The maximum absolute atomic E-state index is 11.9. The van der Waals surface area contributed by atoms with Gasteiger partial charge in [-0.3, -0.25) is 9.59 Å². The number of hydrogen-bond acceptors (Lipinski definition) is 4. The van der Waals surface area contributed by atoms with Gasteiger partial charge in [0.05, 0.1) is 11.8 Å². The van der Waals surface area contributed by atoms with Crippen LogP contribution >= 0.6 is 0 Å². The lowest BCUT2D eigenvalue weighted by Crippen LogP contribution is -2.49. The van der Waals surface area contributed by atoms with Crippen molar-refractivity contribution in [2.75, 3.05) is 6.54 Å². The lowest BCUT2D eigenvalue weighted by molar-refractivity contribution is -0.137. The number of amides is 2. The molecule has 102 valence electrons. The molecule has 0 aliphatic carbocycles. The van der Waals surface area contributed by atoms with Gasteiger partial charge in [0.25, 0.3) is 0 Å². The highest BCUT2D eigenvalue weighted by Crippen LogP contribution is 2.13. The Labute approximate surface area is 107 Å². The van der Waals surface area contributed by atoms with Crippen LogP contribution in [0, 0.1) is 0 Å². The van der Waals surface area contributed by atoms with Gasteiger partial charge >= 0.3 is 0 Å². The molecule has 0 aromatic carbocycles. The molecule has 18 heavy (non-hydrogen) atoms. The summed E-state index contributed by atoms with van der Waals surface area (Å²) in [6.45, 7) is 7.32. The molecule has 4 N–H and O–H groups in total. The van der Waals surface area contributed by atoms with Crippen LogP contribution in [0.1, 0.15) is 26.7 Å². The molecule has 1 rings (SSSR count). The molecule has 1 aliphatic rings. The third kappa shape index (κ3) is 3.46. The Morgan fingerprint density at radius 2 is 2.28 bits per heavy atom. The van der Waals surface area contributed by atoms with Gasteiger partial charge in [-0.15, -0.1) is 0 Å². The van der Waals surface area contributed by atoms with E-state index in [9.17, 15) is 9.59 Å². The quantitative estimate of drug-likeness (QED) is 0.598. The number of nitrogens with zero attached hydrogens (tertiary/aromatic N) is 1. The molecule has 1 heterocycles. The first kappa shape index (κ1) is 14.5. The summed E-state index contributed by atoms with van der Waals surface area (Å²) in [5.41, 5.74) is 5.61. The van der Waals surface area contributed by atoms with Crippen LogP contribution in [-0.2, 0) is 9.59 Å². The molecule has 0 radical (unpaired) electrons. The van der Waals surface area contributed by atoms with Crippen LogP contribution in [0.25, 0.3) is 0 Å². The molecule has 6 nitrogen and oxygen atoms in total. The van der Waals surface area contributed by atoms with Gasteiger partial charge in [-0.2, -0.15) is 0 Å². The first-order chi connectivity index (χ1) is 8.32. The zero-order valence-electron chi connectivity index (χ0n) is 10.8. The largest absolute Gasteiger partial charge is 0.513 e. The predicted molar refractivity (Wildman–Crippen MR) is 67.8 cm³/mol. The number of nitrogens with two attached hydrogens (primary N) is 1. The van der Waals surface area contributed by atoms with Gasteiger partial charge in [0.1, 0.15) is 6.04 Å². The summed E-state index contributed by atoms with van der Waals surface area (Å²) in [6, 6.07) is -1.25. The number of rotatable bonds is 5. The van der Waals surface area contributed by atoms with Crippen LogP contribution in [0.3, 0.4) is 0 Å². The molecule has 0 aromatic rings. The second kappa shape index (κ2) is 5.86. The molecule has 0 saturated carbocycles. The van der Waals surface area contributed by atoms with Crippen LogP contribution in [0.4, 0.5) is 0 Å². The minimum Gasteiger partial charge on any atom is -0.513 e. The normalized spacial score (nSPS) is 22.7. The molecule has 0 bridgehead atoms. The Bertz CT molecular complexity index is 356. The number of carbonyl (C=O) groups is 2. The minimum atomic E-state index is -0.541. The lowest BCUT2D eigenvalue weighted by Gasteiger charge is -2.25. The van der Waals surface area contributed by atoms with Gasteiger partial charge in [-0.1, -0.05) is 6.58 Å². The summed E-state index contributed by atoms with van der Waals surface area (Å²) in [6.07, 6.45) is 0.880. The van der Waals surface area contributed by atoms with E-state index in [1.54, 1.807) is 13.8 Å². The summed E-state index contributed by atoms with van der Waals surface area (Å²) in [5.74, 6) is -0.405. The smallest absolute Gasteiger partial charge is 0.242 e. The molecular weight excluding hydrogens is 234 g/mol. The first-order valence-electron chi connectivity index (χ1n) is 6.06. The van der Waals surface area contributed by atoms with Gasteiger partial charge < -0.3 is 21.1 Å². The van der Waals surface area contributed by atoms with Gasteiger partial charge in [0.2, 0.25) is 11.8 Å². The molecule has 0 spiro atoms. The lowest BCUT2D eigenvalue weighted by atomic mass is 10.2. The third-order valence-electron chi connectivity index (χ3n) is 3.06. The fourth-order valence-electron chi connectivity index (χ4n) is 2.02. The van der Waals surface area contributed by atoms with E-state index in [0.29, 0.717) is 19.4 Å². The topological polar surface area (TPSA) is 95.7 Å². The summed E-state index contributed by atoms with van der Waals surface area (Å²) in [5, 5.41) is 11.8. The van der Waals surface area contributed by atoms with E-state index in [2.05, 4.69) is 11.9 Å². The molecule has 1 aliphatic heterocycles. The van der Waals surface area contributed by atoms with E-state index in [4.69, 9.17) is 10.8 Å². The van der Waals surface area contributed by atoms with Crippen LogP contribution < -0.4 is 11.1 Å². The summed E-state index contributed by atoms with van der Waals surface area (Å²) >= 11 is 0. The van der Waals surface area contributed by atoms with E-state index in [0.717, 1.165) is 0 Å². The van der Waals surface area contributed by atoms with Crippen molar-refractivity contribution in [3.63, 3.8) is 0 Å². The number of nitrogens with one attached hydrogen (secondary N) is 1.